The van der Waals surface area contributed by atoms with Crippen LogP contribution in [0.1, 0.15) is 32.1 Å². The van der Waals surface area contributed by atoms with Crippen molar-refractivity contribution < 1.29 is 23.5 Å². The van der Waals surface area contributed by atoms with Crippen LogP contribution in [0.4, 0.5) is 0 Å². The van der Waals surface area contributed by atoms with Gasteiger partial charge in [-0.2, -0.15) is 0 Å². The molecule has 0 radical (unpaired) electrons. The van der Waals surface area contributed by atoms with Gasteiger partial charge in [0.15, 0.2) is 5.76 Å². The number of carbonyl (C=O) groups excluding carboxylic acids is 1. The fraction of sp³-hybridized carbons (Fsp3) is 0.350. The van der Waals surface area contributed by atoms with Crippen LogP contribution in [-0.2, 0) is 9.53 Å². The van der Waals surface area contributed by atoms with Crippen molar-refractivity contribution in [3.8, 4) is 27.3 Å². The zero-order valence-corrected chi connectivity index (χ0v) is 16.9. The summed E-state index contributed by atoms with van der Waals surface area (Å²) in [6.07, 6.45) is 2.71. The molecule has 29 heavy (non-hydrogen) atoms. The number of rotatable bonds is 7. The van der Waals surface area contributed by atoms with Crippen molar-refractivity contribution in [1.29, 1.82) is 0 Å². The Balaban J connectivity index is 1.38. The predicted octanol–water partition coefficient (Wildman–Crippen LogP) is 3.96. The average Bonchev–Trinajstić information content (AvgIpc) is 3.44. The van der Waals surface area contributed by atoms with E-state index in [1.807, 2.05) is 31.2 Å². The molecule has 2 aromatic heterocycles. The van der Waals surface area contributed by atoms with Gasteiger partial charge in [0.05, 0.1) is 30.3 Å². The molecule has 9 heteroatoms. The molecule has 1 aromatic carbocycles. The fourth-order valence-electron chi connectivity index (χ4n) is 2.89. The van der Waals surface area contributed by atoms with Gasteiger partial charge in [0, 0.05) is 19.4 Å². The predicted molar refractivity (Wildman–Crippen MR) is 106 cm³/mol. The lowest BCUT2D eigenvalue weighted by Gasteiger charge is -2.11. The third-order valence-electron chi connectivity index (χ3n) is 4.33. The van der Waals surface area contributed by atoms with Crippen molar-refractivity contribution in [3.63, 3.8) is 0 Å². The summed E-state index contributed by atoms with van der Waals surface area (Å²) < 4.78 is 22.3. The standard InChI is InChI=1S/C20H21N3O5S/c1-12(22-13(2)24)18-9-17(23-28-18)19-10-21-20(29-19)27-15-5-3-14(4-6-15)26-16-7-8-25-11-16/h3-6,9-10,12,16H,7-8,11H2,1-2H3,(H,22,24). The molecule has 1 amide bonds. The molecule has 2 unspecified atom stereocenters. The van der Waals surface area contributed by atoms with Gasteiger partial charge in [0.25, 0.3) is 5.19 Å². The van der Waals surface area contributed by atoms with E-state index in [1.165, 1.54) is 18.3 Å². The molecule has 152 valence electrons. The molecule has 1 fully saturated rings. The van der Waals surface area contributed by atoms with Crippen LogP contribution in [0, 0.1) is 0 Å². The number of amides is 1. The highest BCUT2D eigenvalue weighted by atomic mass is 32.1. The molecular weight excluding hydrogens is 394 g/mol. The van der Waals surface area contributed by atoms with Crippen LogP contribution in [-0.4, -0.2) is 35.4 Å². The second-order valence-corrected chi connectivity index (χ2v) is 7.70. The Kier molecular flexibility index (Phi) is 5.77. The van der Waals surface area contributed by atoms with Crippen molar-refractivity contribution in [2.75, 3.05) is 13.2 Å². The molecule has 3 aromatic rings. The molecule has 1 aliphatic rings. The average molecular weight is 415 g/mol. The Morgan fingerprint density at radius 2 is 2.10 bits per heavy atom. The quantitative estimate of drug-likeness (QED) is 0.624. The summed E-state index contributed by atoms with van der Waals surface area (Å²) in [6, 6.07) is 8.96. The molecule has 1 N–H and O–H groups in total. The maximum atomic E-state index is 11.2. The first-order valence-corrected chi connectivity index (χ1v) is 10.1. The Morgan fingerprint density at radius 3 is 2.83 bits per heavy atom. The summed E-state index contributed by atoms with van der Waals surface area (Å²) in [6.45, 7) is 4.67. The van der Waals surface area contributed by atoms with Crippen molar-refractivity contribution >= 4 is 17.2 Å². The Morgan fingerprint density at radius 1 is 1.31 bits per heavy atom. The normalized spacial score (nSPS) is 17.1. The molecule has 1 saturated heterocycles. The van der Waals surface area contributed by atoms with E-state index in [4.69, 9.17) is 18.7 Å². The summed E-state index contributed by atoms with van der Waals surface area (Å²) in [7, 11) is 0. The monoisotopic (exact) mass is 415 g/mol. The highest BCUT2D eigenvalue weighted by Gasteiger charge is 2.18. The number of nitrogens with zero attached hydrogens (tertiary/aromatic N) is 2. The summed E-state index contributed by atoms with van der Waals surface area (Å²) in [4.78, 5) is 16.3. The fourth-order valence-corrected chi connectivity index (χ4v) is 3.63. The largest absolute Gasteiger partial charge is 0.488 e. The number of hydrogen-bond acceptors (Lipinski definition) is 8. The molecule has 0 spiro atoms. The SMILES string of the molecule is CC(=O)NC(C)c1cc(-c2cnc(Oc3ccc(OC4CCOC4)cc3)s2)no1. The minimum Gasteiger partial charge on any atom is -0.488 e. The number of aromatic nitrogens is 2. The van der Waals surface area contributed by atoms with Crippen molar-refractivity contribution in [2.24, 2.45) is 0 Å². The van der Waals surface area contributed by atoms with E-state index in [0.29, 0.717) is 29.0 Å². The molecule has 0 aliphatic carbocycles. The van der Waals surface area contributed by atoms with Crippen LogP contribution in [0.3, 0.4) is 0 Å². The number of thiazole rings is 1. The number of nitrogens with one attached hydrogen (secondary N) is 1. The van der Waals surface area contributed by atoms with E-state index in [-0.39, 0.29) is 18.1 Å². The van der Waals surface area contributed by atoms with Crippen LogP contribution in [0.15, 0.2) is 41.1 Å². The second kappa shape index (κ2) is 8.62. The molecular formula is C20H21N3O5S. The Hall–Kier alpha value is -2.91. The summed E-state index contributed by atoms with van der Waals surface area (Å²) in [5.41, 5.74) is 0.645. The molecule has 2 atom stereocenters. The molecule has 1 aliphatic heterocycles. The van der Waals surface area contributed by atoms with Crippen LogP contribution >= 0.6 is 11.3 Å². The lowest BCUT2D eigenvalue weighted by molar-refractivity contribution is -0.119. The molecule has 0 saturated carbocycles. The van der Waals surface area contributed by atoms with Gasteiger partial charge in [0.1, 0.15) is 23.3 Å². The minimum atomic E-state index is -0.256. The zero-order chi connectivity index (χ0) is 20.2. The van der Waals surface area contributed by atoms with Gasteiger partial charge < -0.3 is 24.1 Å². The number of benzene rings is 1. The number of hydrogen-bond donors (Lipinski definition) is 1. The third kappa shape index (κ3) is 4.93. The first-order chi connectivity index (χ1) is 14.1. The first kappa shape index (κ1) is 19.4. The van der Waals surface area contributed by atoms with Gasteiger partial charge in [-0.15, -0.1) is 0 Å². The topological polar surface area (TPSA) is 95.7 Å². The molecule has 4 rings (SSSR count). The van der Waals surface area contributed by atoms with E-state index in [0.717, 1.165) is 23.7 Å². The van der Waals surface area contributed by atoms with Gasteiger partial charge in [0.2, 0.25) is 5.91 Å². The van der Waals surface area contributed by atoms with Gasteiger partial charge in [-0.25, -0.2) is 4.98 Å². The Bertz CT molecular complexity index is 963. The number of ether oxygens (including phenoxy) is 3. The highest BCUT2D eigenvalue weighted by molar-refractivity contribution is 7.16. The third-order valence-corrected chi connectivity index (χ3v) is 5.23. The van der Waals surface area contributed by atoms with Crippen LogP contribution in [0.2, 0.25) is 0 Å². The molecule has 0 bridgehead atoms. The Labute approximate surface area is 171 Å². The van der Waals surface area contributed by atoms with E-state index >= 15 is 0 Å². The van der Waals surface area contributed by atoms with E-state index < -0.39 is 0 Å². The van der Waals surface area contributed by atoms with E-state index in [9.17, 15) is 4.79 Å². The van der Waals surface area contributed by atoms with Gasteiger partial charge >= 0.3 is 0 Å². The number of carbonyl (C=O) groups is 1. The molecule has 8 nitrogen and oxygen atoms in total. The second-order valence-electron chi connectivity index (χ2n) is 6.70. The lowest BCUT2D eigenvalue weighted by Crippen LogP contribution is -2.23. The van der Waals surface area contributed by atoms with Gasteiger partial charge in [-0.3, -0.25) is 4.79 Å². The van der Waals surface area contributed by atoms with E-state index in [2.05, 4.69) is 15.5 Å². The van der Waals surface area contributed by atoms with Gasteiger partial charge in [-0.1, -0.05) is 16.5 Å². The van der Waals surface area contributed by atoms with Crippen LogP contribution in [0.5, 0.6) is 16.7 Å². The highest BCUT2D eigenvalue weighted by Crippen LogP contribution is 2.34. The maximum absolute atomic E-state index is 11.2. The zero-order valence-electron chi connectivity index (χ0n) is 16.1. The lowest BCUT2D eigenvalue weighted by atomic mass is 10.2. The first-order valence-electron chi connectivity index (χ1n) is 9.29. The van der Waals surface area contributed by atoms with Crippen LogP contribution in [0.25, 0.3) is 10.6 Å². The van der Waals surface area contributed by atoms with E-state index in [1.54, 1.807) is 12.3 Å². The van der Waals surface area contributed by atoms with Crippen molar-refractivity contribution in [2.45, 2.75) is 32.4 Å². The molecule has 3 heterocycles. The van der Waals surface area contributed by atoms with Gasteiger partial charge in [-0.05, 0) is 31.2 Å². The summed E-state index contributed by atoms with van der Waals surface area (Å²) in [5.74, 6) is 1.91. The summed E-state index contributed by atoms with van der Waals surface area (Å²) in [5, 5.41) is 7.32. The smallest absolute Gasteiger partial charge is 0.279 e. The van der Waals surface area contributed by atoms with Crippen LogP contribution < -0.4 is 14.8 Å². The van der Waals surface area contributed by atoms with Crippen molar-refractivity contribution in [1.82, 2.24) is 15.5 Å². The maximum Gasteiger partial charge on any atom is 0.279 e. The summed E-state index contributed by atoms with van der Waals surface area (Å²) >= 11 is 1.36. The minimum absolute atomic E-state index is 0.115. The van der Waals surface area contributed by atoms with Crippen molar-refractivity contribution in [3.05, 3.63) is 42.3 Å².